The number of carbonyl (C=O) groups excluding carboxylic acids is 2. The van der Waals surface area contributed by atoms with E-state index in [2.05, 4.69) is 11.0 Å². The lowest BCUT2D eigenvalue weighted by atomic mass is 9.95. The van der Waals surface area contributed by atoms with Crippen LogP contribution in [0, 0.1) is 12.3 Å². The number of carbonyl (C=O) groups is 2. The molecule has 0 saturated heterocycles. The van der Waals surface area contributed by atoms with Crippen LogP contribution in [0.4, 0.5) is 0 Å². The highest BCUT2D eigenvalue weighted by Crippen LogP contribution is 2.31. The van der Waals surface area contributed by atoms with Gasteiger partial charge in [-0.2, -0.15) is 10.1 Å². The minimum absolute atomic E-state index is 0.120. The Kier molecular flexibility index (Phi) is 5.19. The predicted octanol–water partition coefficient (Wildman–Crippen LogP) is 3.88. The highest BCUT2D eigenvalue weighted by Gasteiger charge is 2.32. The van der Waals surface area contributed by atoms with E-state index in [1.165, 1.54) is 6.21 Å². The molecule has 0 spiro atoms. The molecule has 1 aliphatic rings. The number of nitrogens with zero attached hydrogens (tertiary/aromatic N) is 2. The molecule has 0 N–H and O–H groups in total. The second kappa shape index (κ2) is 8.10. The lowest BCUT2D eigenvalue weighted by Crippen LogP contribution is -2.36. The molecule has 0 bridgehead atoms. The van der Waals surface area contributed by atoms with E-state index in [0.717, 1.165) is 10.4 Å². The highest BCUT2D eigenvalue weighted by molar-refractivity contribution is 6.25. The van der Waals surface area contributed by atoms with Crippen molar-refractivity contribution >= 4 is 28.8 Å². The quantitative estimate of drug-likeness (QED) is 0.359. The fourth-order valence-corrected chi connectivity index (χ4v) is 3.36. The molecule has 0 aliphatic carbocycles. The topological polar surface area (TPSA) is 68.2 Å². The lowest BCUT2D eigenvalue weighted by molar-refractivity contribution is 0.0616. The minimum atomic E-state index is -0.459. The molecule has 3 aromatic rings. The van der Waals surface area contributed by atoms with Crippen molar-refractivity contribution < 1.29 is 19.1 Å². The maximum absolute atomic E-state index is 12.9. The summed E-state index contributed by atoms with van der Waals surface area (Å²) in [7, 11) is 0. The summed E-state index contributed by atoms with van der Waals surface area (Å²) in [6, 6.07) is 15.9. The van der Waals surface area contributed by atoms with Gasteiger partial charge in [-0.05, 0) is 48.2 Å². The number of rotatable bonds is 6. The zero-order valence-electron chi connectivity index (χ0n) is 16.3. The van der Waals surface area contributed by atoms with Crippen molar-refractivity contribution in [3.05, 3.63) is 71.3 Å². The van der Waals surface area contributed by atoms with Gasteiger partial charge in [0.15, 0.2) is 11.5 Å². The third-order valence-electron chi connectivity index (χ3n) is 4.65. The molecule has 0 atom stereocenters. The zero-order chi connectivity index (χ0) is 21.1. The molecule has 3 aromatic carbocycles. The van der Waals surface area contributed by atoms with E-state index in [0.29, 0.717) is 40.2 Å². The van der Waals surface area contributed by atoms with E-state index in [-0.39, 0.29) is 6.61 Å². The van der Waals surface area contributed by atoms with Gasteiger partial charge in [0.1, 0.15) is 6.61 Å². The summed E-state index contributed by atoms with van der Waals surface area (Å²) in [5.74, 6) is 2.51. The first-order valence-corrected chi connectivity index (χ1v) is 9.41. The van der Waals surface area contributed by atoms with E-state index in [1.807, 2.05) is 19.1 Å². The number of imide groups is 1. The van der Waals surface area contributed by atoms with Crippen LogP contribution in [0.1, 0.15) is 33.2 Å². The number of hydrogen-bond acceptors (Lipinski definition) is 5. The molecule has 6 nitrogen and oxygen atoms in total. The molecule has 0 radical (unpaired) electrons. The summed E-state index contributed by atoms with van der Waals surface area (Å²) in [4.78, 5) is 25.8. The van der Waals surface area contributed by atoms with Gasteiger partial charge < -0.3 is 9.47 Å². The molecule has 30 heavy (non-hydrogen) atoms. The second-order valence-corrected chi connectivity index (χ2v) is 6.51. The Labute approximate surface area is 173 Å². The molecule has 0 saturated carbocycles. The lowest BCUT2D eigenvalue weighted by Gasteiger charge is -2.23. The fraction of sp³-hybridized carbons (Fsp3) is 0.125. The molecule has 0 unspecified atom stereocenters. The van der Waals surface area contributed by atoms with Crippen LogP contribution >= 0.6 is 0 Å². The maximum Gasteiger partial charge on any atom is 0.282 e. The van der Waals surface area contributed by atoms with Crippen molar-refractivity contribution in [2.24, 2.45) is 5.10 Å². The summed E-state index contributed by atoms with van der Waals surface area (Å²) in [5.41, 5.74) is 1.55. The second-order valence-electron chi connectivity index (χ2n) is 6.51. The van der Waals surface area contributed by atoms with Crippen LogP contribution < -0.4 is 9.47 Å². The summed E-state index contributed by atoms with van der Waals surface area (Å²) >= 11 is 0. The van der Waals surface area contributed by atoms with Gasteiger partial charge in [0.2, 0.25) is 0 Å². The third kappa shape index (κ3) is 3.38. The normalized spacial score (nSPS) is 13.0. The number of hydrazone groups is 1. The monoisotopic (exact) mass is 398 g/mol. The highest BCUT2D eigenvalue weighted by atomic mass is 16.5. The molecule has 1 heterocycles. The fourth-order valence-electron chi connectivity index (χ4n) is 3.36. The third-order valence-corrected chi connectivity index (χ3v) is 4.65. The largest absolute Gasteiger partial charge is 0.490 e. The summed E-state index contributed by atoms with van der Waals surface area (Å²) in [6.45, 7) is 2.42. The van der Waals surface area contributed by atoms with Gasteiger partial charge in [0, 0.05) is 5.39 Å². The summed E-state index contributed by atoms with van der Waals surface area (Å²) in [6.07, 6.45) is 6.68. The van der Waals surface area contributed by atoms with E-state index in [4.69, 9.17) is 15.9 Å². The Bertz CT molecular complexity index is 1170. The van der Waals surface area contributed by atoms with Crippen molar-refractivity contribution in [2.75, 3.05) is 13.2 Å². The van der Waals surface area contributed by atoms with Crippen molar-refractivity contribution in [1.82, 2.24) is 5.01 Å². The predicted molar refractivity (Wildman–Crippen MR) is 114 cm³/mol. The van der Waals surface area contributed by atoms with E-state index < -0.39 is 11.8 Å². The van der Waals surface area contributed by atoms with Gasteiger partial charge in [-0.3, -0.25) is 9.59 Å². The average Bonchev–Trinajstić information content (AvgIpc) is 2.77. The van der Waals surface area contributed by atoms with Crippen molar-refractivity contribution in [2.45, 2.75) is 6.92 Å². The average molecular weight is 398 g/mol. The number of hydrogen-bond donors (Lipinski definition) is 0. The van der Waals surface area contributed by atoms with Crippen molar-refractivity contribution in [3.8, 4) is 23.8 Å². The standard InChI is InChI=1S/C24H18N2O4/c1-3-13-30-20-12-11-16(14-21(20)29-4-2)15-25-26-23(27)18-9-5-7-17-8-6-10-19(22(17)18)24(26)28/h1,5-12,14-15H,4,13H2,2H3/b25-15-. The Hall–Kier alpha value is -4.11. The van der Waals surface area contributed by atoms with Crippen molar-refractivity contribution in [1.29, 1.82) is 0 Å². The molecule has 0 aromatic heterocycles. The van der Waals surface area contributed by atoms with E-state index in [1.54, 1.807) is 42.5 Å². The van der Waals surface area contributed by atoms with Gasteiger partial charge >= 0.3 is 0 Å². The maximum atomic E-state index is 12.9. The Balaban J connectivity index is 1.66. The molecule has 148 valence electrons. The number of amides is 2. The van der Waals surface area contributed by atoms with E-state index >= 15 is 0 Å². The Morgan fingerprint density at radius 3 is 2.33 bits per heavy atom. The first kappa shape index (κ1) is 19.2. The number of ether oxygens (including phenoxy) is 2. The van der Waals surface area contributed by atoms with Crippen LogP contribution in [0.15, 0.2) is 59.7 Å². The Morgan fingerprint density at radius 2 is 1.70 bits per heavy atom. The van der Waals surface area contributed by atoms with Gasteiger partial charge in [-0.1, -0.05) is 30.2 Å². The first-order valence-electron chi connectivity index (χ1n) is 9.41. The van der Waals surface area contributed by atoms with Crippen LogP contribution in [0.2, 0.25) is 0 Å². The van der Waals surface area contributed by atoms with Gasteiger partial charge in [-0.15, -0.1) is 6.42 Å². The van der Waals surface area contributed by atoms with E-state index in [9.17, 15) is 9.59 Å². The van der Waals surface area contributed by atoms with Gasteiger partial charge in [-0.25, -0.2) is 0 Å². The molecule has 4 rings (SSSR count). The number of terminal acetylenes is 1. The molecule has 2 amide bonds. The summed E-state index contributed by atoms with van der Waals surface area (Å²) < 4.78 is 11.1. The van der Waals surface area contributed by atoms with Crippen LogP contribution in [0.25, 0.3) is 10.8 Å². The smallest absolute Gasteiger partial charge is 0.282 e. The number of benzene rings is 3. The van der Waals surface area contributed by atoms with Crippen LogP contribution in [-0.2, 0) is 0 Å². The minimum Gasteiger partial charge on any atom is -0.490 e. The summed E-state index contributed by atoms with van der Waals surface area (Å²) in [5, 5.41) is 6.57. The zero-order valence-corrected chi connectivity index (χ0v) is 16.3. The van der Waals surface area contributed by atoms with Gasteiger partial charge in [0.25, 0.3) is 11.8 Å². The molecule has 0 fully saturated rings. The van der Waals surface area contributed by atoms with Crippen LogP contribution in [0.5, 0.6) is 11.5 Å². The van der Waals surface area contributed by atoms with Crippen LogP contribution in [0.3, 0.4) is 0 Å². The first-order chi connectivity index (χ1) is 14.6. The van der Waals surface area contributed by atoms with Crippen LogP contribution in [-0.4, -0.2) is 36.3 Å². The molecular formula is C24H18N2O4. The SMILES string of the molecule is C#CCOc1ccc(/C=N\N2C(=O)c3cccc4cccc(c34)C2=O)cc1OCC. The molecule has 1 aliphatic heterocycles. The van der Waals surface area contributed by atoms with Gasteiger partial charge in [0.05, 0.1) is 23.9 Å². The molecule has 6 heteroatoms. The Morgan fingerprint density at radius 1 is 1.00 bits per heavy atom. The molecular weight excluding hydrogens is 380 g/mol. The van der Waals surface area contributed by atoms with Crippen molar-refractivity contribution in [3.63, 3.8) is 0 Å².